The van der Waals surface area contributed by atoms with Crippen molar-refractivity contribution in [2.45, 2.75) is 113 Å². The summed E-state index contributed by atoms with van der Waals surface area (Å²) in [6.45, 7) is 6.14. The quantitative estimate of drug-likeness (QED) is 0.117. The molecule has 0 amide bonds. The molecule has 15 heteroatoms. The predicted molar refractivity (Wildman–Crippen MR) is 222 cm³/mol. The molecule has 10 rings (SSSR count). The highest BCUT2D eigenvalue weighted by Gasteiger charge is 2.61. The number of aromatic hydroxyl groups is 2. The highest BCUT2D eigenvalue weighted by Crippen LogP contribution is 2.64. The van der Waals surface area contributed by atoms with Gasteiger partial charge in [-0.1, -0.05) is 38.7 Å². The van der Waals surface area contributed by atoms with Crippen LogP contribution in [0.5, 0.6) is 40.2 Å². The SMILES string of the molecule is CCCCCCCC(=O)Oc1c(C)c2c(c3c1[C@H]1SC[C@]4(NCCc5cc(O)c(OC)cc54)C(=O)OC[C@@H]3N3[C@@H]1[C@H]1c4c(cc(C)c(OC)c4O)C[C@@H]([C@@H]3O)N1C)OCO2. The summed E-state index contributed by atoms with van der Waals surface area (Å²) in [5, 5.41) is 38.6. The number of methoxy groups -OCH3 is 2. The summed E-state index contributed by atoms with van der Waals surface area (Å²) in [4.78, 5) is 33.0. The molecule has 7 atom stereocenters. The molecule has 0 aromatic heterocycles. The zero-order valence-electron chi connectivity index (χ0n) is 35.1. The highest BCUT2D eigenvalue weighted by atomic mass is 32.2. The number of hydrogen-bond donors (Lipinski definition) is 4. The number of phenolic OH excluding ortho intramolecular Hbond substituents is 2. The summed E-state index contributed by atoms with van der Waals surface area (Å²) in [5.74, 6) is 1.24. The second-order valence-corrected chi connectivity index (χ2v) is 18.1. The summed E-state index contributed by atoms with van der Waals surface area (Å²) in [5.41, 5.74) is 4.48. The number of piperazine rings is 1. The van der Waals surface area contributed by atoms with E-state index >= 15 is 0 Å². The third-order valence-electron chi connectivity index (χ3n) is 13.7. The number of nitrogens with zero attached hydrogens (tertiary/aromatic N) is 2. The van der Waals surface area contributed by atoms with Crippen molar-refractivity contribution in [1.29, 1.82) is 0 Å². The molecule has 7 aliphatic heterocycles. The van der Waals surface area contributed by atoms with Crippen molar-refractivity contribution in [2.75, 3.05) is 47.0 Å². The lowest BCUT2D eigenvalue weighted by Crippen LogP contribution is -2.70. The number of nitrogens with one attached hydrogen (secondary N) is 1. The minimum Gasteiger partial charge on any atom is -0.504 e. The van der Waals surface area contributed by atoms with Gasteiger partial charge in [-0.3, -0.25) is 19.9 Å². The van der Waals surface area contributed by atoms with E-state index in [2.05, 4.69) is 17.1 Å². The number of aliphatic hydroxyl groups is 1. The first-order valence-corrected chi connectivity index (χ1v) is 22.2. The van der Waals surface area contributed by atoms with Gasteiger partial charge in [-0.05, 0) is 74.5 Å². The van der Waals surface area contributed by atoms with Gasteiger partial charge in [0.1, 0.15) is 18.6 Å². The Morgan fingerprint density at radius 3 is 2.53 bits per heavy atom. The molecule has 3 aromatic rings. The lowest BCUT2D eigenvalue weighted by Gasteiger charge is -2.62. The molecule has 3 aromatic carbocycles. The number of carbonyl (C=O) groups is 2. The number of carbonyl (C=O) groups excluding carboxylic acids is 2. The summed E-state index contributed by atoms with van der Waals surface area (Å²) in [6, 6.07) is 3.17. The number of aryl methyl sites for hydroxylation is 1. The minimum absolute atomic E-state index is 0.0172. The molecule has 0 saturated carbocycles. The van der Waals surface area contributed by atoms with Crippen LogP contribution < -0.4 is 29.0 Å². The van der Waals surface area contributed by atoms with Crippen LogP contribution in [0.4, 0.5) is 0 Å². The number of benzene rings is 3. The Labute approximate surface area is 354 Å². The second kappa shape index (κ2) is 15.8. The monoisotopic (exact) mass is 845 g/mol. The van der Waals surface area contributed by atoms with Gasteiger partial charge in [-0.25, -0.2) is 4.79 Å². The van der Waals surface area contributed by atoms with E-state index < -0.39 is 47.2 Å². The molecule has 14 nitrogen and oxygen atoms in total. The Kier molecular flexibility index (Phi) is 10.8. The van der Waals surface area contributed by atoms with Crippen LogP contribution in [0.3, 0.4) is 0 Å². The van der Waals surface area contributed by atoms with E-state index in [9.17, 15) is 24.9 Å². The van der Waals surface area contributed by atoms with Crippen LogP contribution in [-0.2, 0) is 32.7 Å². The van der Waals surface area contributed by atoms with Crippen LogP contribution in [0.2, 0.25) is 0 Å². The van der Waals surface area contributed by atoms with E-state index in [1.807, 2.05) is 31.9 Å². The third-order valence-corrected chi connectivity index (χ3v) is 15.2. The van der Waals surface area contributed by atoms with Crippen molar-refractivity contribution in [1.82, 2.24) is 15.1 Å². The van der Waals surface area contributed by atoms with Crippen LogP contribution in [0.25, 0.3) is 0 Å². The number of ether oxygens (including phenoxy) is 6. The van der Waals surface area contributed by atoms with Crippen molar-refractivity contribution in [3.63, 3.8) is 0 Å². The fourth-order valence-electron chi connectivity index (χ4n) is 10.9. The van der Waals surface area contributed by atoms with E-state index in [4.69, 9.17) is 28.4 Å². The molecule has 0 radical (unpaired) electrons. The number of thioether (sulfide) groups is 1. The maximum atomic E-state index is 14.8. The zero-order chi connectivity index (χ0) is 42.2. The average molecular weight is 846 g/mol. The van der Waals surface area contributed by atoms with Gasteiger partial charge in [0.2, 0.25) is 6.79 Å². The Morgan fingerprint density at radius 1 is 0.983 bits per heavy atom. The topological polar surface area (TPSA) is 169 Å². The number of esters is 2. The maximum Gasteiger partial charge on any atom is 0.331 e. The maximum absolute atomic E-state index is 14.8. The highest BCUT2D eigenvalue weighted by molar-refractivity contribution is 7.99. The molecule has 0 unspecified atom stereocenters. The van der Waals surface area contributed by atoms with Crippen LogP contribution in [0, 0.1) is 13.8 Å². The number of unbranched alkanes of at least 4 members (excludes halogenated alkanes) is 4. The Morgan fingerprint density at radius 2 is 1.77 bits per heavy atom. The third kappa shape index (κ3) is 6.20. The molecule has 1 spiro atoms. The number of fused-ring (bicyclic) bond motifs is 9. The molecule has 322 valence electrons. The van der Waals surface area contributed by atoms with Gasteiger partial charge in [0.05, 0.1) is 37.6 Å². The van der Waals surface area contributed by atoms with Gasteiger partial charge in [-0.15, -0.1) is 11.8 Å². The van der Waals surface area contributed by atoms with Gasteiger partial charge >= 0.3 is 11.9 Å². The smallest absolute Gasteiger partial charge is 0.331 e. The molecule has 7 heterocycles. The minimum atomic E-state index is -1.36. The first-order valence-electron chi connectivity index (χ1n) is 21.1. The number of likely N-dealkylation sites (N-methyl/N-ethyl adjacent to an activating group) is 1. The number of phenols is 2. The molecule has 60 heavy (non-hydrogen) atoms. The van der Waals surface area contributed by atoms with Crippen molar-refractivity contribution in [3.8, 4) is 40.2 Å². The van der Waals surface area contributed by atoms with Crippen molar-refractivity contribution in [3.05, 3.63) is 62.7 Å². The second-order valence-electron chi connectivity index (χ2n) is 17.0. The molecule has 2 fully saturated rings. The number of hydrogen-bond acceptors (Lipinski definition) is 15. The van der Waals surface area contributed by atoms with Crippen molar-refractivity contribution in [2.24, 2.45) is 0 Å². The van der Waals surface area contributed by atoms with Gasteiger partial charge in [0, 0.05) is 47.0 Å². The Hall–Kier alpha value is -4.41. The van der Waals surface area contributed by atoms with Crippen LogP contribution in [0.15, 0.2) is 18.2 Å². The fraction of sp³-hybridized carbons (Fsp3) is 0.556. The summed E-state index contributed by atoms with van der Waals surface area (Å²) < 4.78 is 36.7. The molecule has 7 aliphatic rings. The zero-order valence-corrected chi connectivity index (χ0v) is 35.9. The van der Waals surface area contributed by atoms with Crippen molar-refractivity contribution >= 4 is 23.7 Å². The van der Waals surface area contributed by atoms with E-state index in [1.165, 1.54) is 18.9 Å². The lowest BCUT2D eigenvalue weighted by molar-refractivity contribution is -0.186. The van der Waals surface area contributed by atoms with E-state index in [0.717, 1.165) is 42.4 Å². The Bertz CT molecular complexity index is 2230. The van der Waals surface area contributed by atoms with Crippen LogP contribution in [0.1, 0.15) is 107 Å². The molecule has 2 saturated heterocycles. The summed E-state index contributed by atoms with van der Waals surface area (Å²) in [6.07, 6.45) is 5.07. The molecule has 4 bridgehead atoms. The summed E-state index contributed by atoms with van der Waals surface area (Å²) in [7, 11) is 5.00. The van der Waals surface area contributed by atoms with Gasteiger partial charge in [0.15, 0.2) is 40.0 Å². The number of rotatable bonds is 9. The van der Waals surface area contributed by atoms with Gasteiger partial charge in [-0.2, -0.15) is 0 Å². The standard InChI is InChI=1S/C45H55N3O11S/c1-7-8-9-10-11-12-31(50)59-39-23(3)40-41(58-21-57-40)33-28-19-56-44(53)45(26-18-30(54-5)29(49)17-24(26)13-14-46-45)20-60-42(34(33)39)36-35-32-25(15-22(2)38(55-6)37(32)51)16-27(47(35)4)43(52)48(28)36/h15,17-18,27-28,35-36,42-43,46,49,51-52H,7-14,16,19-21H2,1-6H3/t27-,28-,35+,36+,42+,43-,45+/m0/s1. The van der Waals surface area contributed by atoms with E-state index in [0.29, 0.717) is 76.6 Å². The number of aliphatic hydroxyl groups excluding tert-OH is 1. The Balaban J connectivity index is 1.27. The molecular weight excluding hydrogens is 791 g/mol. The van der Waals surface area contributed by atoms with Crippen LogP contribution >= 0.6 is 11.8 Å². The van der Waals surface area contributed by atoms with Crippen LogP contribution in [-0.4, -0.2) is 102 Å². The lowest BCUT2D eigenvalue weighted by atomic mass is 9.73. The largest absolute Gasteiger partial charge is 0.504 e. The first kappa shape index (κ1) is 41.0. The molecule has 0 aliphatic carbocycles. The molecule has 4 N–H and O–H groups in total. The first-order chi connectivity index (χ1) is 28.9. The average Bonchev–Trinajstić information content (AvgIpc) is 3.72. The summed E-state index contributed by atoms with van der Waals surface area (Å²) >= 11 is 1.49. The van der Waals surface area contributed by atoms with E-state index in [-0.39, 0.29) is 48.8 Å². The normalized spacial score (nSPS) is 27.7. The van der Waals surface area contributed by atoms with Gasteiger partial charge < -0.3 is 43.7 Å². The predicted octanol–water partition coefficient (Wildman–Crippen LogP) is 5.75. The van der Waals surface area contributed by atoms with E-state index in [1.54, 1.807) is 19.2 Å². The fourth-order valence-corrected chi connectivity index (χ4v) is 12.6. The molecular formula is C45H55N3O11S. The van der Waals surface area contributed by atoms with Crippen molar-refractivity contribution < 1.29 is 53.3 Å². The van der Waals surface area contributed by atoms with Gasteiger partial charge in [0.25, 0.3) is 0 Å².